The number of para-hydroxylation sites is 1. The van der Waals surface area contributed by atoms with Crippen LogP contribution < -0.4 is 20.1 Å². The molecular formula is C41H52FN5O8S. The molecule has 1 aromatic carbocycles. The van der Waals surface area contributed by atoms with E-state index in [4.69, 9.17) is 14.5 Å². The van der Waals surface area contributed by atoms with Crippen LogP contribution in [-0.4, -0.2) is 82.2 Å². The number of hydrogen-bond donors (Lipinski definition) is 3. The fraction of sp³-hybridized carbons (Fsp3) is 0.634. The van der Waals surface area contributed by atoms with E-state index in [2.05, 4.69) is 15.4 Å². The topological polar surface area (TPSA) is 173 Å². The number of sulfonamides is 1. The number of aryl methyl sites for hydroxylation is 1. The van der Waals surface area contributed by atoms with E-state index in [0.29, 0.717) is 67.3 Å². The lowest BCUT2D eigenvalue weighted by molar-refractivity contribution is -0.141. The van der Waals surface area contributed by atoms with E-state index in [-0.39, 0.29) is 25.3 Å². The lowest BCUT2D eigenvalue weighted by Gasteiger charge is -2.37. The number of aromatic nitrogens is 1. The highest BCUT2D eigenvalue weighted by atomic mass is 32.2. The molecule has 0 unspecified atom stereocenters. The van der Waals surface area contributed by atoms with Gasteiger partial charge >= 0.3 is 6.09 Å². The Morgan fingerprint density at radius 3 is 2.55 bits per heavy atom. The molecule has 1 saturated heterocycles. The van der Waals surface area contributed by atoms with Gasteiger partial charge in [-0.15, -0.1) is 0 Å². The molecule has 1 spiro atoms. The van der Waals surface area contributed by atoms with Gasteiger partial charge in [0.05, 0.1) is 17.0 Å². The summed E-state index contributed by atoms with van der Waals surface area (Å²) in [6.45, 7) is 6.80. The van der Waals surface area contributed by atoms with Crippen LogP contribution in [-0.2, 0) is 35.6 Å². The molecule has 3 aliphatic carbocycles. The van der Waals surface area contributed by atoms with Crippen molar-refractivity contribution in [3.05, 3.63) is 47.4 Å². The van der Waals surface area contributed by atoms with E-state index in [1.165, 1.54) is 11.0 Å². The minimum atomic E-state index is -4.00. The second-order valence-corrected chi connectivity index (χ2v) is 20.3. The number of carbonyl (C=O) groups is 4. The molecule has 3 saturated carbocycles. The third-order valence-corrected chi connectivity index (χ3v) is 14.6. The van der Waals surface area contributed by atoms with Gasteiger partial charge in [0.25, 0.3) is 5.91 Å². The van der Waals surface area contributed by atoms with Crippen LogP contribution in [0.2, 0.25) is 0 Å². The molecule has 1 aromatic heterocycles. The predicted octanol–water partition coefficient (Wildman–Crippen LogP) is 5.20. The van der Waals surface area contributed by atoms with Crippen LogP contribution in [0.1, 0.15) is 122 Å². The van der Waals surface area contributed by atoms with Gasteiger partial charge in [-0.05, 0) is 98.0 Å². The summed E-state index contributed by atoms with van der Waals surface area (Å²) in [6, 6.07) is 2.74. The first-order valence-corrected chi connectivity index (χ1v) is 21.6. The normalized spacial score (nSPS) is 30.7. The number of nitrogens with zero attached hydrogens (tertiary/aromatic N) is 2. The van der Waals surface area contributed by atoms with E-state index in [9.17, 15) is 27.6 Å². The molecule has 13 nitrogen and oxygen atoms in total. The quantitative estimate of drug-likeness (QED) is 0.344. The first kappa shape index (κ1) is 38.6. The molecule has 4 heterocycles. The number of benzene rings is 1. The second-order valence-electron chi connectivity index (χ2n) is 18.1. The van der Waals surface area contributed by atoms with Crippen LogP contribution in [0.5, 0.6) is 5.75 Å². The van der Waals surface area contributed by atoms with Gasteiger partial charge in [-0.25, -0.2) is 22.6 Å². The zero-order chi connectivity index (χ0) is 39.8. The third-order valence-electron chi connectivity index (χ3n) is 12.5. The molecule has 15 heteroatoms. The Morgan fingerprint density at radius 1 is 1.07 bits per heavy atom. The van der Waals surface area contributed by atoms with Gasteiger partial charge in [0.15, 0.2) is 0 Å². The molecule has 3 N–H and O–H groups in total. The summed E-state index contributed by atoms with van der Waals surface area (Å²) >= 11 is 0. The molecule has 3 aliphatic heterocycles. The van der Waals surface area contributed by atoms with E-state index in [1.54, 1.807) is 33.8 Å². The Morgan fingerprint density at radius 2 is 1.84 bits per heavy atom. The Bertz CT molecular complexity index is 2130. The van der Waals surface area contributed by atoms with E-state index >= 15 is 4.39 Å². The van der Waals surface area contributed by atoms with Gasteiger partial charge in [-0.1, -0.05) is 37.1 Å². The number of halogens is 1. The van der Waals surface area contributed by atoms with E-state index in [1.807, 2.05) is 18.2 Å². The molecule has 56 heavy (non-hydrogen) atoms. The zero-order valence-electron chi connectivity index (χ0n) is 32.5. The largest absolute Gasteiger partial charge is 0.483 e. The summed E-state index contributed by atoms with van der Waals surface area (Å²) in [6.07, 6.45) is 10.0. The summed E-state index contributed by atoms with van der Waals surface area (Å²) in [5, 5.41) is 6.39. The van der Waals surface area contributed by atoms with E-state index < -0.39 is 79.1 Å². The first-order chi connectivity index (χ1) is 26.4. The van der Waals surface area contributed by atoms with Gasteiger partial charge in [-0.2, -0.15) is 0 Å². The highest BCUT2D eigenvalue weighted by molar-refractivity contribution is 7.91. The number of carbonyl (C=O) groups excluding carboxylic acids is 4. The summed E-state index contributed by atoms with van der Waals surface area (Å²) < 4.78 is 55.3. The fourth-order valence-electron chi connectivity index (χ4n) is 8.63. The maximum Gasteiger partial charge on any atom is 0.408 e. The molecule has 8 rings (SSSR count). The van der Waals surface area contributed by atoms with Crippen LogP contribution >= 0.6 is 0 Å². The Balaban J connectivity index is 1.15. The first-order valence-electron chi connectivity index (χ1n) is 20.1. The maximum absolute atomic E-state index is 15.1. The monoisotopic (exact) mass is 793 g/mol. The van der Waals surface area contributed by atoms with Crippen molar-refractivity contribution in [3.63, 3.8) is 0 Å². The van der Waals surface area contributed by atoms with Gasteiger partial charge in [0.1, 0.15) is 45.9 Å². The fourth-order valence-corrected chi connectivity index (χ4v) is 9.94. The zero-order valence-corrected chi connectivity index (χ0v) is 33.4. The summed E-state index contributed by atoms with van der Waals surface area (Å²) in [7, 11) is -4.00. The average Bonchev–Trinajstić information content (AvgIpc) is 4.06. The van der Waals surface area contributed by atoms with Crippen molar-refractivity contribution in [3.8, 4) is 5.75 Å². The third kappa shape index (κ3) is 7.24. The van der Waals surface area contributed by atoms with Crippen molar-refractivity contribution in [1.82, 2.24) is 25.2 Å². The van der Waals surface area contributed by atoms with Crippen LogP contribution in [0.15, 0.2) is 30.4 Å². The smallest absolute Gasteiger partial charge is 0.408 e. The van der Waals surface area contributed by atoms with Gasteiger partial charge in [-0.3, -0.25) is 19.1 Å². The lowest BCUT2D eigenvalue weighted by atomic mass is 9.86. The molecule has 4 fully saturated rings. The van der Waals surface area contributed by atoms with Crippen LogP contribution in [0.4, 0.5) is 9.18 Å². The molecule has 4 amide bonds. The van der Waals surface area contributed by atoms with Crippen LogP contribution in [0.3, 0.4) is 0 Å². The van der Waals surface area contributed by atoms with Crippen molar-refractivity contribution >= 4 is 44.7 Å². The summed E-state index contributed by atoms with van der Waals surface area (Å²) in [4.78, 5) is 62.8. The van der Waals surface area contributed by atoms with Gasteiger partial charge in [0, 0.05) is 29.2 Å². The molecule has 0 radical (unpaired) electrons. The number of fused-ring (bicyclic) bond motifs is 5. The van der Waals surface area contributed by atoms with Crippen molar-refractivity contribution in [2.24, 2.45) is 5.92 Å². The number of amides is 4. The second kappa shape index (κ2) is 13.7. The summed E-state index contributed by atoms with van der Waals surface area (Å²) in [5.74, 6) is -2.07. The number of pyridine rings is 1. The van der Waals surface area contributed by atoms with Crippen molar-refractivity contribution in [2.75, 3.05) is 6.54 Å². The van der Waals surface area contributed by atoms with Gasteiger partial charge < -0.3 is 25.0 Å². The van der Waals surface area contributed by atoms with E-state index in [0.717, 1.165) is 31.2 Å². The number of hydrogen-bond acceptors (Lipinski definition) is 9. The van der Waals surface area contributed by atoms with Crippen molar-refractivity contribution in [2.45, 2.75) is 151 Å². The number of alkyl carbamates (subject to hydrolysis) is 1. The van der Waals surface area contributed by atoms with Crippen LogP contribution in [0.25, 0.3) is 10.9 Å². The van der Waals surface area contributed by atoms with Crippen molar-refractivity contribution in [1.29, 1.82) is 0 Å². The minimum Gasteiger partial charge on any atom is -0.483 e. The van der Waals surface area contributed by atoms with Crippen LogP contribution in [0, 0.1) is 11.7 Å². The standard InChI is InChI=1S/C41H52FN5O8S/c1-38(2,3)55-37(51)43-29-14-9-7-5-6-8-11-25-21-41(25,36(50)46-56(52,53)39(4)19-20-39)45-34(48)30-22-40(23-47(30)35(29)49)18-17-27-26-12-10-13-28(42)32(26)44-31(24-15-16-24)33(27)54-40/h8,10-13,24-25,29-30H,5-7,9,14-23H2,1-4H3,(H,43,51)(H,45,48)(H,46,50)/b11-8-/t25-,29-,30-,40+,41+/m0/s1. The molecule has 302 valence electrons. The maximum atomic E-state index is 15.1. The highest BCUT2D eigenvalue weighted by Gasteiger charge is 2.64. The molecule has 2 aromatic rings. The average molecular weight is 794 g/mol. The number of allylic oxidation sites excluding steroid dienone is 1. The van der Waals surface area contributed by atoms with Crippen molar-refractivity contribution < 1.29 is 41.5 Å². The molecule has 5 atom stereocenters. The molecular weight excluding hydrogens is 742 g/mol. The Hall–Kier alpha value is -4.27. The molecule has 0 bridgehead atoms. The SMILES string of the molecule is CC(C)(C)OC(=O)N[C@H]1CCCCC/C=C\[C@H]2C[C@@]2(C(=O)NS(=O)(=O)C2(C)CC2)NC(=O)[C@@H]2C[C@]3(CCc4c(c(C5CC5)nc5c(F)cccc45)O3)CN2C1=O. The number of nitrogens with one attached hydrogen (secondary N) is 3. The molecule has 6 aliphatic rings. The Kier molecular flexibility index (Phi) is 9.44. The minimum absolute atomic E-state index is 0.0103. The number of rotatable bonds is 5. The van der Waals surface area contributed by atoms with Gasteiger partial charge in [0.2, 0.25) is 21.8 Å². The number of ether oxygens (including phenoxy) is 2. The lowest BCUT2D eigenvalue weighted by Crippen LogP contribution is -2.58. The Labute approximate surface area is 326 Å². The highest BCUT2D eigenvalue weighted by Crippen LogP contribution is 2.52. The summed E-state index contributed by atoms with van der Waals surface area (Å²) in [5.41, 5.74) is -1.57. The predicted molar refractivity (Wildman–Crippen MR) is 205 cm³/mol.